The van der Waals surface area contributed by atoms with Crippen molar-refractivity contribution in [2.45, 2.75) is 25.7 Å². The van der Waals surface area contributed by atoms with Crippen molar-refractivity contribution in [3.8, 4) is 0 Å². The van der Waals surface area contributed by atoms with Crippen molar-refractivity contribution in [3.05, 3.63) is 59.2 Å². The van der Waals surface area contributed by atoms with Crippen LogP contribution in [0.2, 0.25) is 0 Å². The van der Waals surface area contributed by atoms with Crippen LogP contribution in [-0.2, 0) is 4.79 Å². The van der Waals surface area contributed by atoms with E-state index in [1.54, 1.807) is 17.0 Å². The average molecular weight is 526 g/mol. The molecule has 202 valence electrons. The Morgan fingerprint density at radius 3 is 2.37 bits per heavy atom. The van der Waals surface area contributed by atoms with Crippen LogP contribution in [0.1, 0.15) is 46.4 Å². The summed E-state index contributed by atoms with van der Waals surface area (Å²) in [6.45, 7) is 5.32. The van der Waals surface area contributed by atoms with Crippen molar-refractivity contribution in [1.82, 2.24) is 15.1 Å². The number of carbonyl (C=O) groups excluding carboxylic acids is 3. The number of benzene rings is 2. The molecule has 38 heavy (non-hydrogen) atoms. The molecule has 2 saturated heterocycles. The summed E-state index contributed by atoms with van der Waals surface area (Å²) in [7, 11) is 0. The topological polar surface area (TPSA) is 85.0 Å². The quantitative estimate of drug-likeness (QED) is 0.627. The molecule has 8 nitrogen and oxygen atoms in total. The third kappa shape index (κ3) is 5.96. The van der Waals surface area contributed by atoms with Gasteiger partial charge in [-0.15, -0.1) is 0 Å². The summed E-state index contributed by atoms with van der Waals surface area (Å²) in [5.41, 5.74) is 1.55. The maximum absolute atomic E-state index is 13.8. The molecule has 3 amide bonds. The maximum Gasteiger partial charge on any atom is 0.255 e. The number of hydrogen-bond donors (Lipinski definition) is 2. The molecule has 2 aromatic rings. The Bertz CT molecular complexity index is 1210. The van der Waals surface area contributed by atoms with E-state index in [-0.39, 0.29) is 23.3 Å². The fourth-order valence-corrected chi connectivity index (χ4v) is 5.08. The van der Waals surface area contributed by atoms with E-state index in [4.69, 9.17) is 0 Å². The predicted octanol–water partition coefficient (Wildman–Crippen LogP) is 3.10. The number of amides is 3. The highest BCUT2D eigenvalue weighted by Crippen LogP contribution is 2.33. The Hall–Kier alpha value is -3.53. The summed E-state index contributed by atoms with van der Waals surface area (Å²) in [5, 5.41) is 6.12. The first kappa shape index (κ1) is 26.1. The first-order valence-electron chi connectivity index (χ1n) is 13.3. The van der Waals surface area contributed by atoms with Crippen molar-refractivity contribution in [2.24, 2.45) is 5.92 Å². The minimum absolute atomic E-state index is 0.0257. The molecule has 0 spiro atoms. The maximum atomic E-state index is 13.8. The fourth-order valence-electron chi connectivity index (χ4n) is 5.08. The molecular weight excluding hydrogens is 492 g/mol. The van der Waals surface area contributed by atoms with Gasteiger partial charge in [0.1, 0.15) is 0 Å². The van der Waals surface area contributed by atoms with Crippen LogP contribution in [-0.4, -0.2) is 79.9 Å². The van der Waals surface area contributed by atoms with Gasteiger partial charge in [-0.05, 0) is 68.6 Å². The average Bonchev–Trinajstić information content (AvgIpc) is 3.78. The molecule has 0 radical (unpaired) electrons. The number of carbonyl (C=O) groups is 3. The van der Waals surface area contributed by atoms with Crippen molar-refractivity contribution in [2.75, 3.05) is 62.6 Å². The normalized spacial score (nSPS) is 18.5. The molecule has 10 heteroatoms. The number of nitrogens with zero attached hydrogens (tertiary/aromatic N) is 3. The predicted molar refractivity (Wildman–Crippen MR) is 140 cm³/mol. The fraction of sp³-hybridized carbons (Fsp3) is 0.464. The zero-order chi connectivity index (χ0) is 26.6. The minimum Gasteiger partial charge on any atom is -0.368 e. The van der Waals surface area contributed by atoms with Gasteiger partial charge in [-0.1, -0.05) is 0 Å². The van der Waals surface area contributed by atoms with Gasteiger partial charge in [0.2, 0.25) is 5.91 Å². The smallest absolute Gasteiger partial charge is 0.255 e. The van der Waals surface area contributed by atoms with Crippen molar-refractivity contribution in [1.29, 1.82) is 0 Å². The lowest BCUT2D eigenvalue weighted by Crippen LogP contribution is -2.36. The zero-order valence-corrected chi connectivity index (χ0v) is 21.3. The van der Waals surface area contributed by atoms with Gasteiger partial charge >= 0.3 is 0 Å². The monoisotopic (exact) mass is 525 g/mol. The van der Waals surface area contributed by atoms with Gasteiger partial charge in [0.05, 0.1) is 11.4 Å². The first-order valence-corrected chi connectivity index (χ1v) is 13.3. The van der Waals surface area contributed by atoms with Crippen LogP contribution in [0.4, 0.5) is 20.2 Å². The van der Waals surface area contributed by atoms with Gasteiger partial charge in [-0.2, -0.15) is 0 Å². The van der Waals surface area contributed by atoms with Crippen LogP contribution >= 0.6 is 0 Å². The van der Waals surface area contributed by atoms with E-state index in [0.717, 1.165) is 50.0 Å². The van der Waals surface area contributed by atoms with Crippen LogP contribution in [0.15, 0.2) is 36.4 Å². The van der Waals surface area contributed by atoms with Crippen LogP contribution in [0, 0.1) is 17.6 Å². The lowest BCUT2D eigenvalue weighted by atomic mass is 10.1. The first-order chi connectivity index (χ1) is 18.4. The molecule has 3 aliphatic rings. The van der Waals surface area contributed by atoms with E-state index < -0.39 is 17.5 Å². The third-order valence-corrected chi connectivity index (χ3v) is 7.38. The second-order valence-electron chi connectivity index (χ2n) is 10.2. The van der Waals surface area contributed by atoms with E-state index in [2.05, 4.69) is 15.5 Å². The molecule has 2 aromatic carbocycles. The summed E-state index contributed by atoms with van der Waals surface area (Å²) < 4.78 is 27.3. The highest BCUT2D eigenvalue weighted by molar-refractivity contribution is 6.07. The molecule has 5 rings (SSSR count). The highest BCUT2D eigenvalue weighted by Gasteiger charge is 2.34. The molecule has 2 aliphatic heterocycles. The van der Waals surface area contributed by atoms with Crippen LogP contribution < -0.4 is 15.5 Å². The summed E-state index contributed by atoms with van der Waals surface area (Å²) in [6, 6.07) is 8.24. The minimum atomic E-state index is -1.11. The van der Waals surface area contributed by atoms with Crippen LogP contribution in [0.5, 0.6) is 0 Å². The number of hydrogen-bond acceptors (Lipinski definition) is 5. The lowest BCUT2D eigenvalue weighted by molar-refractivity contribution is -0.132. The Morgan fingerprint density at radius 2 is 1.58 bits per heavy atom. The second-order valence-corrected chi connectivity index (χ2v) is 10.2. The molecule has 1 saturated carbocycles. The standard InChI is InChI=1S/C28H33F2N5O3/c29-22-7-5-20(17-23(22)30)26(36)32-24-18-21(28(38)34-11-1-9-31-10-14-34)6-8-25(24)33-12-2-13-35(16-15-33)27(37)19-3-4-19/h5-8,17-19,31H,1-4,9-16H2,(H,32,36). The van der Waals surface area contributed by atoms with E-state index in [0.29, 0.717) is 57.1 Å². The molecule has 3 fully saturated rings. The lowest BCUT2D eigenvalue weighted by Gasteiger charge is -2.27. The van der Waals surface area contributed by atoms with Gasteiger partial charge in [0.15, 0.2) is 11.6 Å². The molecular formula is C28H33F2N5O3. The van der Waals surface area contributed by atoms with Crippen LogP contribution in [0.25, 0.3) is 0 Å². The molecule has 0 aromatic heterocycles. The van der Waals surface area contributed by atoms with Crippen molar-refractivity contribution >= 4 is 29.1 Å². The van der Waals surface area contributed by atoms with Gasteiger partial charge in [-0.25, -0.2) is 8.78 Å². The molecule has 2 heterocycles. The molecule has 1 aliphatic carbocycles. The summed E-state index contributed by atoms with van der Waals surface area (Å²) >= 11 is 0. The summed E-state index contributed by atoms with van der Waals surface area (Å²) in [4.78, 5) is 44.8. The van der Waals surface area contributed by atoms with Crippen molar-refractivity contribution < 1.29 is 23.2 Å². The highest BCUT2D eigenvalue weighted by atomic mass is 19.2. The number of anilines is 2. The largest absolute Gasteiger partial charge is 0.368 e. The Kier molecular flexibility index (Phi) is 7.87. The summed E-state index contributed by atoms with van der Waals surface area (Å²) in [5.74, 6) is -2.49. The molecule has 0 bridgehead atoms. The Morgan fingerprint density at radius 1 is 0.789 bits per heavy atom. The molecule has 0 unspecified atom stereocenters. The Balaban J connectivity index is 1.41. The number of rotatable bonds is 5. The van der Waals surface area contributed by atoms with Crippen molar-refractivity contribution in [3.63, 3.8) is 0 Å². The van der Waals surface area contributed by atoms with Gasteiger partial charge in [-0.3, -0.25) is 14.4 Å². The zero-order valence-electron chi connectivity index (χ0n) is 21.3. The SMILES string of the molecule is O=C(Nc1cc(C(=O)N2CCCNCC2)ccc1N1CCCN(C(=O)C2CC2)CC1)c1ccc(F)c(F)c1. The van der Waals surface area contributed by atoms with Gasteiger partial charge < -0.3 is 25.3 Å². The molecule has 0 atom stereocenters. The molecule has 2 N–H and O–H groups in total. The summed E-state index contributed by atoms with van der Waals surface area (Å²) in [6.07, 6.45) is 3.55. The number of halogens is 2. The van der Waals surface area contributed by atoms with Crippen LogP contribution in [0.3, 0.4) is 0 Å². The van der Waals surface area contributed by atoms with Gasteiger partial charge in [0.25, 0.3) is 11.8 Å². The third-order valence-electron chi connectivity index (χ3n) is 7.38. The second kappa shape index (κ2) is 11.5. The van der Waals surface area contributed by atoms with E-state index in [1.807, 2.05) is 11.0 Å². The van der Waals surface area contributed by atoms with E-state index in [9.17, 15) is 23.2 Å². The van der Waals surface area contributed by atoms with E-state index in [1.165, 1.54) is 6.07 Å². The number of nitrogens with one attached hydrogen (secondary N) is 2. The van der Waals surface area contributed by atoms with E-state index >= 15 is 0 Å². The van der Waals surface area contributed by atoms with Gasteiger partial charge in [0, 0.05) is 62.9 Å². The Labute approximate surface area is 221 Å².